The Morgan fingerprint density at radius 1 is 1.17 bits per heavy atom. The fraction of sp³-hybridized carbons (Fsp3) is 0.650. The van der Waals surface area contributed by atoms with E-state index in [1.54, 1.807) is 11.9 Å². The molecular formula is C20H31N3O5S. The number of fused-ring (bicyclic) bond motifs is 1. The second kappa shape index (κ2) is 9.53. The molecule has 1 amide bonds. The predicted octanol–water partition coefficient (Wildman–Crippen LogP) is 0.994. The maximum absolute atomic E-state index is 12.7. The van der Waals surface area contributed by atoms with Gasteiger partial charge in [-0.2, -0.15) is 17.4 Å². The molecule has 2 saturated heterocycles. The zero-order chi connectivity index (χ0) is 21.0. The highest BCUT2D eigenvalue weighted by Gasteiger charge is 2.40. The van der Waals surface area contributed by atoms with Crippen molar-refractivity contribution >= 4 is 16.1 Å². The molecule has 0 spiro atoms. The number of carbonyl (C=O) groups is 1. The summed E-state index contributed by atoms with van der Waals surface area (Å²) in [5.41, 5.74) is 0.912. The molecule has 0 saturated carbocycles. The first kappa shape index (κ1) is 22.2. The molecule has 29 heavy (non-hydrogen) atoms. The Hall–Kier alpha value is -1.52. The van der Waals surface area contributed by atoms with Gasteiger partial charge in [0.05, 0.1) is 19.3 Å². The first-order chi connectivity index (χ1) is 13.7. The van der Waals surface area contributed by atoms with E-state index in [0.717, 1.165) is 5.56 Å². The molecule has 2 aliphatic heterocycles. The summed E-state index contributed by atoms with van der Waals surface area (Å²) in [6, 6.07) is 8.96. The Morgan fingerprint density at radius 3 is 2.31 bits per heavy atom. The van der Waals surface area contributed by atoms with Gasteiger partial charge in [-0.25, -0.2) is 0 Å². The van der Waals surface area contributed by atoms with Crippen LogP contribution < -0.4 is 4.72 Å². The molecule has 0 radical (unpaired) electrons. The van der Waals surface area contributed by atoms with E-state index in [4.69, 9.17) is 9.47 Å². The lowest BCUT2D eigenvalue weighted by Gasteiger charge is -2.23. The van der Waals surface area contributed by atoms with Crippen LogP contribution in [0.25, 0.3) is 0 Å². The maximum atomic E-state index is 12.7. The van der Waals surface area contributed by atoms with Gasteiger partial charge in [-0.1, -0.05) is 44.2 Å². The summed E-state index contributed by atoms with van der Waals surface area (Å²) in [6.45, 7) is 5.72. The van der Waals surface area contributed by atoms with Crippen LogP contribution >= 0.6 is 0 Å². The molecule has 9 heteroatoms. The maximum Gasteiger partial charge on any atom is 0.279 e. The summed E-state index contributed by atoms with van der Waals surface area (Å²) in [5.74, 6) is 0.418. The summed E-state index contributed by atoms with van der Waals surface area (Å²) >= 11 is 0. The van der Waals surface area contributed by atoms with Gasteiger partial charge < -0.3 is 14.4 Å². The van der Waals surface area contributed by atoms with Crippen molar-refractivity contribution in [2.45, 2.75) is 45.1 Å². The van der Waals surface area contributed by atoms with Crippen molar-refractivity contribution in [1.82, 2.24) is 13.9 Å². The van der Waals surface area contributed by atoms with Crippen LogP contribution in [0.5, 0.6) is 0 Å². The monoisotopic (exact) mass is 425 g/mol. The molecule has 2 aliphatic rings. The molecule has 1 aromatic rings. The fourth-order valence-corrected chi connectivity index (χ4v) is 4.62. The highest BCUT2D eigenvalue weighted by atomic mass is 32.2. The molecule has 3 rings (SSSR count). The summed E-state index contributed by atoms with van der Waals surface area (Å²) < 4.78 is 41.1. The first-order valence-electron chi connectivity index (χ1n) is 10.0. The van der Waals surface area contributed by atoms with Crippen LogP contribution in [0.2, 0.25) is 0 Å². The van der Waals surface area contributed by atoms with Crippen molar-refractivity contribution in [3.8, 4) is 0 Å². The average molecular weight is 426 g/mol. The predicted molar refractivity (Wildman–Crippen MR) is 109 cm³/mol. The van der Waals surface area contributed by atoms with Gasteiger partial charge in [0.25, 0.3) is 10.2 Å². The van der Waals surface area contributed by atoms with Gasteiger partial charge in [0.1, 0.15) is 12.2 Å². The normalized spacial score (nSPS) is 23.4. The van der Waals surface area contributed by atoms with Gasteiger partial charge in [0.2, 0.25) is 5.91 Å². The van der Waals surface area contributed by atoms with Crippen LogP contribution in [0.15, 0.2) is 30.3 Å². The van der Waals surface area contributed by atoms with Crippen molar-refractivity contribution in [2.24, 2.45) is 5.92 Å². The number of benzene rings is 1. The number of amides is 1. The van der Waals surface area contributed by atoms with Crippen molar-refractivity contribution in [2.75, 3.05) is 33.4 Å². The average Bonchev–Trinajstić information content (AvgIpc) is 2.99. The third-order valence-electron chi connectivity index (χ3n) is 5.15. The Balaban J connectivity index is 1.51. The summed E-state index contributed by atoms with van der Waals surface area (Å²) in [6.07, 6.45) is 0.0700. The molecule has 2 fully saturated rings. The van der Waals surface area contributed by atoms with Crippen molar-refractivity contribution < 1.29 is 22.7 Å². The number of carbonyl (C=O) groups excluding carboxylic acids is 1. The van der Waals surface area contributed by atoms with E-state index in [0.29, 0.717) is 25.4 Å². The highest BCUT2D eigenvalue weighted by molar-refractivity contribution is 7.87. The Labute approximate surface area is 173 Å². The summed E-state index contributed by atoms with van der Waals surface area (Å²) in [4.78, 5) is 14.1. The Kier molecular flexibility index (Phi) is 7.28. The molecule has 0 unspecified atom stereocenters. The Bertz CT molecular complexity index is 771. The van der Waals surface area contributed by atoms with Gasteiger partial charge in [-0.15, -0.1) is 0 Å². The lowest BCUT2D eigenvalue weighted by Crippen LogP contribution is -2.47. The van der Waals surface area contributed by atoms with E-state index < -0.39 is 16.3 Å². The highest BCUT2D eigenvalue weighted by Crippen LogP contribution is 2.22. The van der Waals surface area contributed by atoms with E-state index >= 15 is 0 Å². The van der Waals surface area contributed by atoms with Crippen molar-refractivity contribution in [1.29, 1.82) is 0 Å². The van der Waals surface area contributed by atoms with Crippen LogP contribution in [-0.2, 0) is 31.0 Å². The lowest BCUT2D eigenvalue weighted by molar-refractivity contribution is -0.131. The molecule has 2 heterocycles. The SMILES string of the molecule is CC(C)CC(=O)N1C[C@@H]2OCC(NS(=O)(=O)N(C)Cc3ccccc3)CO[C@H]2C1. The molecule has 0 aromatic heterocycles. The van der Waals surface area contributed by atoms with E-state index in [9.17, 15) is 13.2 Å². The van der Waals surface area contributed by atoms with E-state index in [1.807, 2.05) is 44.2 Å². The topological polar surface area (TPSA) is 88.2 Å². The molecule has 162 valence electrons. The molecule has 8 nitrogen and oxygen atoms in total. The zero-order valence-electron chi connectivity index (χ0n) is 17.3. The third-order valence-corrected chi connectivity index (χ3v) is 6.73. The Morgan fingerprint density at radius 2 is 1.76 bits per heavy atom. The summed E-state index contributed by atoms with van der Waals surface area (Å²) in [5, 5.41) is 0. The molecule has 0 bridgehead atoms. The minimum Gasteiger partial charge on any atom is -0.372 e. The molecular weight excluding hydrogens is 394 g/mol. The second-order valence-electron chi connectivity index (χ2n) is 8.20. The molecule has 1 N–H and O–H groups in total. The smallest absolute Gasteiger partial charge is 0.279 e. The van der Waals surface area contributed by atoms with Crippen LogP contribution in [0.1, 0.15) is 25.8 Å². The number of nitrogens with zero attached hydrogens (tertiary/aromatic N) is 2. The van der Waals surface area contributed by atoms with Crippen LogP contribution in [-0.4, -0.2) is 75.1 Å². The van der Waals surface area contributed by atoms with Crippen molar-refractivity contribution in [3.05, 3.63) is 35.9 Å². The van der Waals surface area contributed by atoms with Gasteiger partial charge in [0.15, 0.2) is 0 Å². The number of ether oxygens (including phenoxy) is 2. The number of likely N-dealkylation sites (tertiary alicyclic amines) is 1. The number of hydrogen-bond acceptors (Lipinski definition) is 5. The van der Waals surface area contributed by atoms with Crippen molar-refractivity contribution in [3.63, 3.8) is 0 Å². The fourth-order valence-electron chi connectivity index (χ4n) is 3.57. The van der Waals surface area contributed by atoms with Gasteiger partial charge >= 0.3 is 0 Å². The van der Waals surface area contributed by atoms with E-state index in [1.165, 1.54) is 4.31 Å². The minimum absolute atomic E-state index is 0.111. The number of nitrogens with one attached hydrogen (secondary N) is 1. The van der Waals surface area contributed by atoms with Crippen LogP contribution in [0.4, 0.5) is 0 Å². The number of hydrogen-bond donors (Lipinski definition) is 1. The largest absolute Gasteiger partial charge is 0.372 e. The molecule has 1 aromatic carbocycles. The van der Waals surface area contributed by atoms with Gasteiger partial charge in [0, 0.05) is 33.1 Å². The standard InChI is InChI=1S/C20H31N3O5S/c1-15(2)9-20(24)23-11-18-19(12-23)28-14-17(13-27-18)21-29(25,26)22(3)10-16-7-5-4-6-8-16/h4-8,15,17-19,21H,9-14H2,1-3H3/t18-,19-/m0/s1. The first-order valence-corrected chi connectivity index (χ1v) is 11.5. The van der Waals surface area contributed by atoms with Gasteiger partial charge in [-0.3, -0.25) is 4.79 Å². The van der Waals surface area contributed by atoms with E-state index in [2.05, 4.69) is 4.72 Å². The third kappa shape index (κ3) is 5.99. The minimum atomic E-state index is -3.68. The van der Waals surface area contributed by atoms with E-state index in [-0.39, 0.29) is 37.9 Å². The quantitative estimate of drug-likeness (QED) is 0.704. The van der Waals surface area contributed by atoms with Crippen LogP contribution in [0.3, 0.4) is 0 Å². The summed E-state index contributed by atoms with van der Waals surface area (Å²) in [7, 11) is -2.13. The molecule has 0 aliphatic carbocycles. The lowest BCUT2D eigenvalue weighted by atomic mass is 10.1. The zero-order valence-corrected chi connectivity index (χ0v) is 18.1. The second-order valence-corrected chi connectivity index (χ2v) is 10.0. The van der Waals surface area contributed by atoms with Crippen LogP contribution in [0, 0.1) is 5.92 Å². The number of rotatable bonds is 7. The van der Waals surface area contributed by atoms with Gasteiger partial charge in [-0.05, 0) is 11.5 Å². The molecule has 2 atom stereocenters.